The van der Waals surface area contributed by atoms with Gasteiger partial charge in [0.1, 0.15) is 14.4 Å². The molecule has 0 fully saturated rings. The second-order valence-electron chi connectivity index (χ2n) is 4.61. The molecule has 0 heterocycles. The van der Waals surface area contributed by atoms with Crippen molar-refractivity contribution >= 4 is 54.7 Å². The van der Waals surface area contributed by atoms with Gasteiger partial charge in [0.05, 0.1) is 0 Å². The molecule has 0 aliphatic heterocycles. The van der Waals surface area contributed by atoms with Crippen LogP contribution in [0.4, 0.5) is 0 Å². The minimum atomic E-state index is 0.349. The molecule has 0 aliphatic rings. The largest absolute Gasteiger partial charge is 0.508 e. The van der Waals surface area contributed by atoms with Gasteiger partial charge < -0.3 is 14.9 Å². The van der Waals surface area contributed by atoms with Crippen molar-refractivity contribution in [2.45, 2.75) is 6.42 Å². The molecule has 0 spiro atoms. The van der Waals surface area contributed by atoms with Crippen molar-refractivity contribution in [2.75, 3.05) is 28.2 Å². The highest BCUT2D eigenvalue weighted by molar-refractivity contribution is 8.89. The molecule has 1 aromatic rings. The molecule has 0 unspecified atom stereocenters. The Bertz CT molecular complexity index is 484. The van der Waals surface area contributed by atoms with Crippen LogP contribution in [0.3, 0.4) is 0 Å². The molecule has 0 aliphatic carbocycles. The van der Waals surface area contributed by atoms with Crippen LogP contribution < -0.4 is 0 Å². The Morgan fingerprint density at radius 2 is 1.55 bits per heavy atom. The summed E-state index contributed by atoms with van der Waals surface area (Å²) in [6.45, 7) is 3.59. The molecule has 0 saturated carbocycles. The van der Waals surface area contributed by atoms with Gasteiger partial charge in [0, 0.05) is 28.2 Å². The summed E-state index contributed by atoms with van der Waals surface area (Å²) in [6, 6.07) is 7.27. The first-order valence-corrected chi connectivity index (χ1v) is 9.41. The lowest BCUT2D eigenvalue weighted by atomic mass is 10.1. The Kier molecular flexibility index (Phi) is 11.4. The van der Waals surface area contributed by atoms with Gasteiger partial charge in [-0.15, -0.1) is 6.58 Å². The quantitative estimate of drug-likeness (QED) is 0.471. The van der Waals surface area contributed by atoms with E-state index < -0.39 is 0 Å². The van der Waals surface area contributed by atoms with Crippen LogP contribution in [0.15, 0.2) is 36.9 Å². The second kappa shape index (κ2) is 11.8. The smallest absolute Gasteiger partial charge is 0.146 e. The van der Waals surface area contributed by atoms with Gasteiger partial charge in [-0.2, -0.15) is 0 Å². The number of thiocarbonyl (C=S) groups is 2. The Morgan fingerprint density at radius 3 is 1.91 bits per heavy atom. The van der Waals surface area contributed by atoms with Crippen molar-refractivity contribution in [3.8, 4) is 5.75 Å². The highest BCUT2D eigenvalue weighted by atomic mass is 33.1. The number of hydrogen-bond acceptors (Lipinski definition) is 5. The topological polar surface area (TPSA) is 26.7 Å². The van der Waals surface area contributed by atoms with Crippen LogP contribution in [0, 0.1) is 0 Å². The van der Waals surface area contributed by atoms with Crippen LogP contribution in [0.2, 0.25) is 0 Å². The van der Waals surface area contributed by atoms with E-state index in [4.69, 9.17) is 24.4 Å². The van der Waals surface area contributed by atoms with E-state index in [1.54, 1.807) is 12.1 Å². The number of hydrogen-bond donors (Lipinski definition) is 1. The minimum absolute atomic E-state index is 0.349. The summed E-state index contributed by atoms with van der Waals surface area (Å²) in [5, 5.41) is 9.19. The van der Waals surface area contributed by atoms with Crippen molar-refractivity contribution in [2.24, 2.45) is 0 Å². The lowest BCUT2D eigenvalue weighted by Gasteiger charge is -2.15. The zero-order chi connectivity index (χ0) is 17.1. The van der Waals surface area contributed by atoms with Gasteiger partial charge in [0.2, 0.25) is 0 Å². The van der Waals surface area contributed by atoms with E-state index in [2.05, 4.69) is 6.58 Å². The minimum Gasteiger partial charge on any atom is -0.508 e. The molecule has 0 amide bonds. The number of rotatable bonds is 2. The molecule has 1 rings (SSSR count). The molecule has 0 radical (unpaired) electrons. The number of para-hydroxylation sites is 1. The molecular weight excluding hydrogens is 352 g/mol. The third kappa shape index (κ3) is 9.30. The maximum atomic E-state index is 9.19. The number of nitrogens with zero attached hydrogens (tertiary/aromatic N) is 2. The molecule has 0 bridgehead atoms. The monoisotopic (exact) mass is 374 g/mol. The Morgan fingerprint density at radius 1 is 1.09 bits per heavy atom. The van der Waals surface area contributed by atoms with E-state index in [1.165, 1.54) is 21.6 Å². The van der Waals surface area contributed by atoms with E-state index in [0.29, 0.717) is 5.75 Å². The fraction of sp³-hybridized carbons (Fsp3) is 0.333. The number of allylic oxidation sites excluding steroid dienone is 1. The van der Waals surface area contributed by atoms with Gasteiger partial charge in [-0.1, -0.05) is 48.7 Å². The number of phenols is 1. The average molecular weight is 375 g/mol. The van der Waals surface area contributed by atoms with Crippen molar-refractivity contribution in [1.29, 1.82) is 0 Å². The SMILES string of the molecule is C=CCc1ccccc1O.CN(C)C(=S)SSC(=S)N(C)C. The Balaban J connectivity index is 0.000000406. The lowest BCUT2D eigenvalue weighted by molar-refractivity contribution is 0.470. The standard InChI is InChI=1S/C9H10O.C6H12N2S4/c1-2-5-8-6-3-4-7-9(8)10;1-7(2)5(9)11-12-6(10)8(3)4/h2-4,6-7,10H,1,5H2;1-4H3. The van der Waals surface area contributed by atoms with Crippen LogP contribution in [-0.4, -0.2) is 51.7 Å². The van der Waals surface area contributed by atoms with Crippen molar-refractivity contribution < 1.29 is 5.11 Å². The predicted octanol–water partition coefficient (Wildman–Crippen LogP) is 4.18. The summed E-state index contributed by atoms with van der Waals surface area (Å²) in [5.74, 6) is 0.349. The molecule has 122 valence electrons. The van der Waals surface area contributed by atoms with Crippen LogP contribution >= 0.6 is 46.0 Å². The van der Waals surface area contributed by atoms with E-state index in [-0.39, 0.29) is 0 Å². The number of benzene rings is 1. The van der Waals surface area contributed by atoms with E-state index in [9.17, 15) is 5.11 Å². The van der Waals surface area contributed by atoms with E-state index >= 15 is 0 Å². The van der Waals surface area contributed by atoms with E-state index in [0.717, 1.165) is 20.6 Å². The average Bonchev–Trinajstić information content (AvgIpc) is 2.47. The normalized spacial score (nSPS) is 9.27. The van der Waals surface area contributed by atoms with Gasteiger partial charge in [0.25, 0.3) is 0 Å². The van der Waals surface area contributed by atoms with Crippen LogP contribution in [-0.2, 0) is 6.42 Å². The summed E-state index contributed by atoms with van der Waals surface area (Å²) in [5.41, 5.74) is 0.928. The lowest BCUT2D eigenvalue weighted by Crippen LogP contribution is -2.18. The predicted molar refractivity (Wildman–Crippen MR) is 110 cm³/mol. The second-order valence-corrected chi connectivity index (χ2v) is 8.01. The first-order valence-electron chi connectivity index (χ1n) is 6.44. The van der Waals surface area contributed by atoms with E-state index in [1.807, 2.05) is 56.2 Å². The van der Waals surface area contributed by atoms with Crippen molar-refractivity contribution in [1.82, 2.24) is 9.80 Å². The van der Waals surface area contributed by atoms with Gasteiger partial charge in [-0.25, -0.2) is 0 Å². The highest BCUT2D eigenvalue weighted by Gasteiger charge is 2.05. The van der Waals surface area contributed by atoms with Crippen molar-refractivity contribution in [3.05, 3.63) is 42.5 Å². The summed E-state index contributed by atoms with van der Waals surface area (Å²) >= 11 is 10.1. The molecule has 7 heteroatoms. The molecule has 0 saturated heterocycles. The molecular formula is C15H22N2OS4. The third-order valence-corrected chi connectivity index (χ3v) is 6.43. The van der Waals surface area contributed by atoms with Crippen LogP contribution in [0.1, 0.15) is 5.56 Å². The summed E-state index contributed by atoms with van der Waals surface area (Å²) < 4.78 is 1.67. The third-order valence-electron chi connectivity index (χ3n) is 2.27. The van der Waals surface area contributed by atoms with Gasteiger partial charge in [0.15, 0.2) is 0 Å². The zero-order valence-electron chi connectivity index (χ0n) is 13.3. The molecule has 1 aromatic carbocycles. The molecule has 3 nitrogen and oxygen atoms in total. The summed E-state index contributed by atoms with van der Waals surface area (Å²) in [4.78, 5) is 3.79. The van der Waals surface area contributed by atoms with Gasteiger partial charge >= 0.3 is 0 Å². The fourth-order valence-electron chi connectivity index (χ4n) is 1.06. The molecule has 0 aromatic heterocycles. The van der Waals surface area contributed by atoms with Crippen LogP contribution in [0.5, 0.6) is 5.75 Å². The first kappa shape index (κ1) is 21.2. The summed E-state index contributed by atoms with van der Waals surface area (Å²) in [7, 11) is 10.7. The highest BCUT2D eigenvalue weighted by Crippen LogP contribution is 2.26. The zero-order valence-corrected chi connectivity index (χ0v) is 16.5. The Hall–Kier alpha value is -0.760. The first-order chi connectivity index (χ1) is 10.3. The van der Waals surface area contributed by atoms with Gasteiger partial charge in [-0.3, -0.25) is 0 Å². The Labute approximate surface area is 152 Å². The number of aromatic hydroxyl groups is 1. The van der Waals surface area contributed by atoms with Crippen LogP contribution in [0.25, 0.3) is 0 Å². The molecule has 1 N–H and O–H groups in total. The summed E-state index contributed by atoms with van der Waals surface area (Å²) in [6.07, 6.45) is 2.50. The van der Waals surface area contributed by atoms with Crippen molar-refractivity contribution in [3.63, 3.8) is 0 Å². The maximum Gasteiger partial charge on any atom is 0.146 e. The number of phenolic OH excluding ortho intramolecular Hbond substituents is 1. The molecule has 22 heavy (non-hydrogen) atoms. The van der Waals surface area contributed by atoms with Gasteiger partial charge in [-0.05, 0) is 39.6 Å². The molecule has 0 atom stereocenters. The fourth-order valence-corrected chi connectivity index (χ4v) is 3.43. The maximum absolute atomic E-state index is 9.19.